The summed E-state index contributed by atoms with van der Waals surface area (Å²) in [7, 11) is 1.67. The highest BCUT2D eigenvalue weighted by molar-refractivity contribution is 8.00. The van der Waals surface area contributed by atoms with E-state index in [4.69, 9.17) is 4.74 Å². The van der Waals surface area contributed by atoms with Crippen molar-refractivity contribution in [3.63, 3.8) is 0 Å². The number of benzene rings is 2. The number of rotatable bonds is 6. The van der Waals surface area contributed by atoms with Crippen LogP contribution in [0.2, 0.25) is 0 Å². The number of ketones is 1. The Morgan fingerprint density at radius 1 is 1.18 bits per heavy atom. The Labute approximate surface area is 136 Å². The molecule has 0 heterocycles. The van der Waals surface area contributed by atoms with Gasteiger partial charge in [0.1, 0.15) is 5.75 Å². The summed E-state index contributed by atoms with van der Waals surface area (Å²) in [5, 5.41) is 0. The summed E-state index contributed by atoms with van der Waals surface area (Å²) < 4.78 is 5.38. The monoisotopic (exact) mass is 314 g/mol. The largest absolute Gasteiger partial charge is 0.496 e. The molecule has 0 atom stereocenters. The Morgan fingerprint density at radius 2 is 1.86 bits per heavy atom. The van der Waals surface area contributed by atoms with E-state index in [-0.39, 0.29) is 11.7 Å². The van der Waals surface area contributed by atoms with E-state index < -0.39 is 0 Å². The van der Waals surface area contributed by atoms with Gasteiger partial charge in [0, 0.05) is 10.5 Å². The molecular weight excluding hydrogens is 292 g/mol. The quantitative estimate of drug-likeness (QED) is 0.548. The number of hydrogen-bond donors (Lipinski definition) is 0. The topological polar surface area (TPSA) is 26.3 Å². The Bertz CT molecular complexity index is 648. The average Bonchev–Trinajstić information content (AvgIpc) is 2.53. The molecule has 116 valence electrons. The van der Waals surface area contributed by atoms with Crippen LogP contribution in [-0.2, 0) is 0 Å². The summed E-state index contributed by atoms with van der Waals surface area (Å²) >= 11 is 1.58. The van der Waals surface area contributed by atoms with E-state index in [1.807, 2.05) is 49.4 Å². The van der Waals surface area contributed by atoms with Crippen molar-refractivity contribution < 1.29 is 9.53 Å². The normalized spacial score (nSPS) is 10.8. The predicted molar refractivity (Wildman–Crippen MR) is 93.3 cm³/mol. The highest BCUT2D eigenvalue weighted by Gasteiger charge is 2.17. The van der Waals surface area contributed by atoms with Crippen LogP contribution < -0.4 is 4.74 Å². The van der Waals surface area contributed by atoms with Crippen molar-refractivity contribution in [2.24, 2.45) is 0 Å². The molecule has 0 bridgehead atoms. The molecule has 0 saturated carbocycles. The number of Topliss-reactive ketones (excluding diaryl/α,β-unsaturated/α-hetero) is 1. The molecule has 0 fully saturated rings. The van der Waals surface area contributed by atoms with Crippen LogP contribution in [0.1, 0.15) is 41.3 Å². The average molecular weight is 314 g/mol. The molecule has 0 saturated heterocycles. The second-order valence-corrected chi connectivity index (χ2v) is 6.64. The smallest absolute Gasteiger partial charge is 0.173 e. The van der Waals surface area contributed by atoms with Gasteiger partial charge in [-0.15, -0.1) is 11.8 Å². The zero-order chi connectivity index (χ0) is 16.1. The fourth-order valence-electron chi connectivity index (χ4n) is 2.39. The fourth-order valence-corrected chi connectivity index (χ4v) is 3.19. The van der Waals surface area contributed by atoms with E-state index in [2.05, 4.69) is 13.8 Å². The SMILES string of the molecule is COc1cc(C(C)C)c(C(=O)CSc2ccccc2)cc1C. The van der Waals surface area contributed by atoms with Gasteiger partial charge in [-0.2, -0.15) is 0 Å². The maximum atomic E-state index is 12.6. The van der Waals surface area contributed by atoms with Crippen molar-refractivity contribution in [3.05, 3.63) is 59.2 Å². The molecule has 0 aliphatic carbocycles. The summed E-state index contributed by atoms with van der Waals surface area (Å²) in [6.45, 7) is 6.18. The number of hydrogen-bond acceptors (Lipinski definition) is 3. The van der Waals surface area contributed by atoms with Gasteiger partial charge >= 0.3 is 0 Å². The third kappa shape index (κ3) is 3.92. The summed E-state index contributed by atoms with van der Waals surface area (Å²) in [5.74, 6) is 1.75. The van der Waals surface area contributed by atoms with Gasteiger partial charge in [-0.3, -0.25) is 4.79 Å². The van der Waals surface area contributed by atoms with Crippen molar-refractivity contribution >= 4 is 17.5 Å². The minimum Gasteiger partial charge on any atom is -0.496 e. The van der Waals surface area contributed by atoms with Gasteiger partial charge in [0.2, 0.25) is 0 Å². The van der Waals surface area contributed by atoms with Gasteiger partial charge in [0.15, 0.2) is 5.78 Å². The number of carbonyl (C=O) groups is 1. The van der Waals surface area contributed by atoms with E-state index >= 15 is 0 Å². The lowest BCUT2D eigenvalue weighted by atomic mass is 9.93. The van der Waals surface area contributed by atoms with Crippen molar-refractivity contribution in [2.45, 2.75) is 31.6 Å². The Hall–Kier alpha value is -1.74. The standard InChI is InChI=1S/C19H22O2S/c1-13(2)16-11-19(21-4)14(3)10-17(16)18(20)12-22-15-8-6-5-7-9-15/h5-11,13H,12H2,1-4H3. The number of methoxy groups -OCH3 is 1. The molecule has 0 aliphatic rings. The Balaban J connectivity index is 2.23. The van der Waals surface area contributed by atoms with E-state index in [1.54, 1.807) is 18.9 Å². The highest BCUT2D eigenvalue weighted by atomic mass is 32.2. The third-order valence-electron chi connectivity index (χ3n) is 3.60. The van der Waals surface area contributed by atoms with Gasteiger partial charge in [-0.25, -0.2) is 0 Å². The second kappa shape index (κ2) is 7.50. The first-order valence-electron chi connectivity index (χ1n) is 7.42. The molecule has 2 nitrogen and oxygen atoms in total. The van der Waals surface area contributed by atoms with Crippen molar-refractivity contribution in [1.29, 1.82) is 0 Å². The molecule has 2 aromatic rings. The summed E-state index contributed by atoms with van der Waals surface area (Å²) in [6.07, 6.45) is 0. The van der Waals surface area contributed by atoms with Crippen LogP contribution in [0, 0.1) is 6.92 Å². The number of aryl methyl sites for hydroxylation is 1. The van der Waals surface area contributed by atoms with Crippen molar-refractivity contribution in [1.82, 2.24) is 0 Å². The van der Waals surface area contributed by atoms with Gasteiger partial charge in [-0.1, -0.05) is 32.0 Å². The van der Waals surface area contributed by atoms with E-state index in [0.29, 0.717) is 5.75 Å². The van der Waals surface area contributed by atoms with Crippen LogP contribution >= 0.6 is 11.8 Å². The van der Waals surface area contributed by atoms with E-state index in [1.165, 1.54) is 0 Å². The van der Waals surface area contributed by atoms with E-state index in [9.17, 15) is 4.79 Å². The van der Waals surface area contributed by atoms with Crippen molar-refractivity contribution in [3.8, 4) is 5.75 Å². The first kappa shape index (κ1) is 16.6. The first-order valence-corrected chi connectivity index (χ1v) is 8.41. The third-order valence-corrected chi connectivity index (χ3v) is 4.61. The van der Waals surface area contributed by atoms with Crippen LogP contribution in [0.5, 0.6) is 5.75 Å². The molecule has 2 aromatic carbocycles. The minimum atomic E-state index is 0.170. The van der Waals surface area contributed by atoms with Crippen LogP contribution in [0.4, 0.5) is 0 Å². The summed E-state index contributed by atoms with van der Waals surface area (Å²) in [5.41, 5.74) is 2.87. The first-order chi connectivity index (χ1) is 10.5. The lowest BCUT2D eigenvalue weighted by molar-refractivity contribution is 0.102. The molecular formula is C19H22O2S. The number of carbonyl (C=O) groups excluding carboxylic acids is 1. The van der Waals surface area contributed by atoms with Gasteiger partial charge in [0.05, 0.1) is 12.9 Å². The molecule has 0 aliphatic heterocycles. The molecule has 2 rings (SSSR count). The number of thioether (sulfide) groups is 1. The zero-order valence-corrected chi connectivity index (χ0v) is 14.4. The minimum absolute atomic E-state index is 0.170. The molecule has 0 spiro atoms. The van der Waals surface area contributed by atoms with E-state index in [0.717, 1.165) is 27.3 Å². The van der Waals surface area contributed by atoms with Crippen LogP contribution in [0.15, 0.2) is 47.4 Å². The molecule has 0 aromatic heterocycles. The molecule has 22 heavy (non-hydrogen) atoms. The number of ether oxygens (including phenoxy) is 1. The van der Waals surface area contributed by atoms with Crippen LogP contribution in [0.3, 0.4) is 0 Å². The summed E-state index contributed by atoms with van der Waals surface area (Å²) in [6, 6.07) is 14.0. The maximum absolute atomic E-state index is 12.6. The van der Waals surface area contributed by atoms with Gasteiger partial charge in [0.25, 0.3) is 0 Å². The summed E-state index contributed by atoms with van der Waals surface area (Å²) in [4.78, 5) is 13.8. The molecule has 0 amide bonds. The van der Waals surface area contributed by atoms with Crippen molar-refractivity contribution in [2.75, 3.05) is 12.9 Å². The lowest BCUT2D eigenvalue weighted by Crippen LogP contribution is -2.09. The van der Waals surface area contributed by atoms with Gasteiger partial charge in [-0.05, 0) is 48.2 Å². The highest BCUT2D eigenvalue weighted by Crippen LogP contribution is 2.29. The molecule has 0 N–H and O–H groups in total. The Kier molecular flexibility index (Phi) is 5.67. The van der Waals surface area contributed by atoms with Crippen LogP contribution in [0.25, 0.3) is 0 Å². The fraction of sp³-hybridized carbons (Fsp3) is 0.316. The molecule has 0 radical (unpaired) electrons. The maximum Gasteiger partial charge on any atom is 0.173 e. The lowest BCUT2D eigenvalue weighted by Gasteiger charge is -2.15. The molecule has 0 unspecified atom stereocenters. The zero-order valence-electron chi connectivity index (χ0n) is 13.6. The second-order valence-electron chi connectivity index (χ2n) is 5.59. The predicted octanol–water partition coefficient (Wildman–Crippen LogP) is 5.10. The van der Waals surface area contributed by atoms with Gasteiger partial charge < -0.3 is 4.74 Å². The Morgan fingerprint density at radius 3 is 2.45 bits per heavy atom. The van der Waals surface area contributed by atoms with Crippen LogP contribution in [-0.4, -0.2) is 18.6 Å². The molecule has 3 heteroatoms.